The van der Waals surface area contributed by atoms with Crippen molar-refractivity contribution in [3.8, 4) is 6.07 Å². The highest BCUT2D eigenvalue weighted by molar-refractivity contribution is 6.31. The maximum absolute atomic E-state index is 15.7. The molecule has 4 rings (SSSR count). The summed E-state index contributed by atoms with van der Waals surface area (Å²) in [7, 11) is 0. The van der Waals surface area contributed by atoms with Crippen LogP contribution < -0.4 is 10.6 Å². The van der Waals surface area contributed by atoms with Gasteiger partial charge in [0.05, 0.1) is 22.7 Å². The van der Waals surface area contributed by atoms with Gasteiger partial charge in [0, 0.05) is 28.2 Å². The molecule has 0 spiro atoms. The molecule has 1 aliphatic rings. The van der Waals surface area contributed by atoms with Crippen molar-refractivity contribution in [3.05, 3.63) is 98.8 Å². The molecule has 0 unspecified atom stereocenters. The Hall–Kier alpha value is -3.58. The number of benzene rings is 3. The van der Waals surface area contributed by atoms with Crippen molar-refractivity contribution in [1.29, 1.82) is 5.26 Å². The van der Waals surface area contributed by atoms with Gasteiger partial charge in [0.2, 0.25) is 5.91 Å². The number of carboxylic acids is 1. The Bertz CT molecular complexity index is 1570. The van der Waals surface area contributed by atoms with Crippen molar-refractivity contribution in [3.63, 3.8) is 0 Å². The fraction of sp³-hybridized carbons (Fsp3) is 0.300. The number of carbonyl (C=O) groups is 2. The van der Waals surface area contributed by atoms with Crippen LogP contribution in [0.1, 0.15) is 54.6 Å². The molecule has 1 heterocycles. The van der Waals surface area contributed by atoms with E-state index in [0.29, 0.717) is 0 Å². The van der Waals surface area contributed by atoms with Gasteiger partial charge in [-0.25, -0.2) is 18.0 Å². The van der Waals surface area contributed by atoms with Gasteiger partial charge in [0.1, 0.15) is 22.9 Å². The standard InChI is InChI=1S/C30H26Cl2F3N3O3/c1-29(2,3)13-23-30(14-36,19-9-7-15(31)11-22(19)34)24(17-5-4-6-20(32)25(17)35)26(38-23)27(39)37-16-8-10-21(33)18(12-16)28(40)41/h4-12,23-24,26,38H,13H2,1-3H3,(H,37,39)(H,40,41)/t23-,24-,26+,30-/m0/s1. The molecule has 0 saturated carbocycles. The average Bonchev–Trinajstić information content (AvgIpc) is 3.19. The van der Waals surface area contributed by atoms with Crippen LogP contribution in [0.25, 0.3) is 0 Å². The van der Waals surface area contributed by atoms with Gasteiger partial charge in [-0.1, -0.05) is 62.2 Å². The van der Waals surface area contributed by atoms with Crippen molar-refractivity contribution >= 4 is 40.8 Å². The monoisotopic (exact) mass is 603 g/mol. The Balaban J connectivity index is 1.95. The summed E-state index contributed by atoms with van der Waals surface area (Å²) in [5, 5.41) is 25.7. The van der Waals surface area contributed by atoms with Crippen LogP contribution in [-0.4, -0.2) is 29.1 Å². The highest BCUT2D eigenvalue weighted by Crippen LogP contribution is 2.52. The molecule has 0 radical (unpaired) electrons. The molecule has 1 amide bonds. The van der Waals surface area contributed by atoms with Gasteiger partial charge in [-0.2, -0.15) is 5.26 Å². The Morgan fingerprint density at radius 1 is 1.07 bits per heavy atom. The molecular formula is C30H26Cl2F3N3O3. The summed E-state index contributed by atoms with van der Waals surface area (Å²) in [5.41, 5.74) is -3.15. The van der Waals surface area contributed by atoms with Gasteiger partial charge in [0.25, 0.3) is 0 Å². The zero-order valence-corrected chi connectivity index (χ0v) is 23.7. The van der Waals surface area contributed by atoms with Crippen LogP contribution in [0.3, 0.4) is 0 Å². The minimum absolute atomic E-state index is 0.0413. The third-order valence-corrected chi connectivity index (χ3v) is 7.72. The number of nitriles is 1. The zero-order valence-electron chi connectivity index (χ0n) is 22.2. The molecule has 6 nitrogen and oxygen atoms in total. The molecule has 0 bridgehead atoms. The smallest absolute Gasteiger partial charge is 0.338 e. The highest BCUT2D eigenvalue weighted by Gasteiger charge is 2.61. The van der Waals surface area contributed by atoms with E-state index in [2.05, 4.69) is 16.7 Å². The Labute approximate surface area is 245 Å². The maximum Gasteiger partial charge on any atom is 0.338 e. The van der Waals surface area contributed by atoms with Gasteiger partial charge < -0.3 is 15.7 Å². The van der Waals surface area contributed by atoms with Crippen LogP contribution in [0, 0.1) is 34.2 Å². The minimum Gasteiger partial charge on any atom is -0.478 e. The van der Waals surface area contributed by atoms with E-state index in [4.69, 9.17) is 23.2 Å². The number of nitrogens with one attached hydrogen (secondary N) is 2. The Morgan fingerprint density at radius 3 is 2.39 bits per heavy atom. The first-order valence-electron chi connectivity index (χ1n) is 12.6. The summed E-state index contributed by atoms with van der Waals surface area (Å²) in [6, 6.07) is 11.0. The molecule has 1 saturated heterocycles. The molecule has 3 N–H and O–H groups in total. The minimum atomic E-state index is -1.83. The summed E-state index contributed by atoms with van der Waals surface area (Å²) in [6.07, 6.45) is 0.269. The van der Waals surface area contributed by atoms with Crippen molar-refractivity contribution in [1.82, 2.24) is 5.32 Å². The summed E-state index contributed by atoms with van der Waals surface area (Å²) in [4.78, 5) is 25.3. The molecule has 3 aromatic carbocycles. The SMILES string of the molecule is CC(C)(C)C[C@@H]1N[C@@H](C(=O)Nc2ccc(F)c(C(=O)O)c2)[C@H](c2cccc(Cl)c2F)[C@@]1(C#N)c1ccc(Cl)cc1F. The van der Waals surface area contributed by atoms with Gasteiger partial charge in [-0.05, 0) is 53.8 Å². The summed E-state index contributed by atoms with van der Waals surface area (Å²) < 4.78 is 45.4. The highest BCUT2D eigenvalue weighted by atomic mass is 35.5. The number of hydrogen-bond donors (Lipinski definition) is 3. The molecule has 1 fully saturated rings. The van der Waals surface area contributed by atoms with Crippen molar-refractivity contribution < 1.29 is 27.9 Å². The fourth-order valence-electron chi connectivity index (χ4n) is 5.54. The second kappa shape index (κ2) is 11.4. The quantitative estimate of drug-likeness (QED) is 0.280. The van der Waals surface area contributed by atoms with E-state index in [1.165, 1.54) is 36.4 Å². The third kappa shape index (κ3) is 5.78. The molecule has 41 heavy (non-hydrogen) atoms. The van der Waals surface area contributed by atoms with Gasteiger partial charge in [0.15, 0.2) is 0 Å². The van der Waals surface area contributed by atoms with E-state index in [1.54, 1.807) is 0 Å². The van der Waals surface area contributed by atoms with E-state index in [9.17, 15) is 24.3 Å². The van der Waals surface area contributed by atoms with Crippen LogP contribution in [0.4, 0.5) is 18.9 Å². The fourth-order valence-corrected chi connectivity index (χ4v) is 5.88. The van der Waals surface area contributed by atoms with Crippen LogP contribution in [-0.2, 0) is 10.2 Å². The zero-order chi connectivity index (χ0) is 30.3. The topological polar surface area (TPSA) is 102 Å². The summed E-state index contributed by atoms with van der Waals surface area (Å²) in [5.74, 6) is -6.31. The van der Waals surface area contributed by atoms with Crippen LogP contribution in [0.5, 0.6) is 0 Å². The van der Waals surface area contributed by atoms with Gasteiger partial charge in [-0.3, -0.25) is 4.79 Å². The molecule has 214 valence electrons. The number of nitrogens with zero attached hydrogens (tertiary/aromatic N) is 1. The number of halogens is 5. The summed E-state index contributed by atoms with van der Waals surface area (Å²) in [6.45, 7) is 5.72. The molecule has 4 atom stereocenters. The van der Waals surface area contributed by atoms with Crippen molar-refractivity contribution in [2.24, 2.45) is 5.41 Å². The van der Waals surface area contributed by atoms with E-state index < -0.39 is 63.7 Å². The van der Waals surface area contributed by atoms with E-state index in [-0.39, 0.29) is 33.3 Å². The number of hydrogen-bond acceptors (Lipinski definition) is 4. The molecule has 3 aromatic rings. The van der Waals surface area contributed by atoms with Crippen molar-refractivity contribution in [2.45, 2.75) is 50.6 Å². The number of anilines is 1. The van der Waals surface area contributed by atoms with Gasteiger partial charge in [-0.15, -0.1) is 0 Å². The van der Waals surface area contributed by atoms with Crippen molar-refractivity contribution in [2.75, 3.05) is 5.32 Å². The normalized spacial score (nSPS) is 22.3. The predicted octanol–water partition coefficient (Wildman–Crippen LogP) is 7.07. The summed E-state index contributed by atoms with van der Waals surface area (Å²) >= 11 is 12.1. The number of rotatable bonds is 6. The predicted molar refractivity (Wildman–Crippen MR) is 150 cm³/mol. The Morgan fingerprint density at radius 2 is 1.78 bits per heavy atom. The van der Waals surface area contributed by atoms with Crippen LogP contribution in [0.15, 0.2) is 54.6 Å². The third-order valence-electron chi connectivity index (χ3n) is 7.20. The average molecular weight is 604 g/mol. The lowest BCUT2D eigenvalue weighted by atomic mass is 9.62. The first-order valence-corrected chi connectivity index (χ1v) is 13.4. The number of amides is 1. The molecule has 1 aliphatic heterocycles. The molecular weight excluding hydrogens is 578 g/mol. The van der Waals surface area contributed by atoms with Crippen LogP contribution in [0.2, 0.25) is 10.0 Å². The first kappa shape index (κ1) is 30.4. The lowest BCUT2D eigenvalue weighted by Crippen LogP contribution is -2.45. The van der Waals surface area contributed by atoms with Gasteiger partial charge >= 0.3 is 5.97 Å². The molecule has 11 heteroatoms. The van der Waals surface area contributed by atoms with E-state index in [0.717, 1.165) is 18.2 Å². The van der Waals surface area contributed by atoms with Crippen LogP contribution >= 0.6 is 23.2 Å². The van der Waals surface area contributed by atoms with E-state index >= 15 is 8.78 Å². The number of carboxylic acid groups (broad SMARTS) is 1. The number of aromatic carboxylic acids is 1. The first-order chi connectivity index (χ1) is 19.2. The number of carbonyl (C=O) groups excluding carboxylic acids is 1. The Kier molecular flexibility index (Phi) is 8.42. The largest absolute Gasteiger partial charge is 0.478 e. The second-order valence-electron chi connectivity index (χ2n) is 11.2. The lowest BCUT2D eigenvalue weighted by molar-refractivity contribution is -0.118. The molecule has 0 aliphatic carbocycles. The molecule has 0 aromatic heterocycles. The second-order valence-corrected chi connectivity index (χ2v) is 12.0. The maximum atomic E-state index is 15.7. The van der Waals surface area contributed by atoms with E-state index in [1.807, 2.05) is 20.8 Å². The lowest BCUT2D eigenvalue weighted by Gasteiger charge is -2.37.